The van der Waals surface area contributed by atoms with E-state index in [1.54, 1.807) is 24.3 Å². The summed E-state index contributed by atoms with van der Waals surface area (Å²) in [6.45, 7) is 1.52. The van der Waals surface area contributed by atoms with E-state index in [1.807, 2.05) is 0 Å². The Morgan fingerprint density at radius 2 is 2.00 bits per heavy atom. The van der Waals surface area contributed by atoms with Gasteiger partial charge in [0.1, 0.15) is 0 Å². The molecule has 5 nitrogen and oxygen atoms in total. The highest BCUT2D eigenvalue weighted by Crippen LogP contribution is 2.28. The smallest absolute Gasteiger partial charge is 0.243 e. The number of hydrogen-bond donors (Lipinski definition) is 1. The van der Waals surface area contributed by atoms with Gasteiger partial charge in [0.2, 0.25) is 15.9 Å². The number of carbonyl (C=O) groups excluding carboxylic acids is 1. The first-order valence-corrected chi connectivity index (χ1v) is 10.00. The Balaban J connectivity index is 1.58. The molecule has 130 valence electrons. The summed E-state index contributed by atoms with van der Waals surface area (Å²) in [5.41, 5.74) is 1.00. The van der Waals surface area contributed by atoms with E-state index in [2.05, 4.69) is 5.32 Å². The fourth-order valence-electron chi connectivity index (χ4n) is 2.74. The Labute approximate surface area is 147 Å². The molecule has 0 bridgehead atoms. The van der Waals surface area contributed by atoms with Crippen LogP contribution in [-0.4, -0.2) is 38.3 Å². The van der Waals surface area contributed by atoms with E-state index in [4.69, 9.17) is 11.6 Å². The van der Waals surface area contributed by atoms with Crippen molar-refractivity contribution < 1.29 is 13.2 Å². The second kappa shape index (κ2) is 7.25. The minimum atomic E-state index is -3.53. The molecule has 2 aliphatic rings. The summed E-state index contributed by atoms with van der Waals surface area (Å²) in [6, 6.07) is 6.30. The lowest BCUT2D eigenvalue weighted by molar-refractivity contribution is -0.116. The molecule has 1 saturated heterocycles. The number of rotatable bonds is 5. The van der Waals surface area contributed by atoms with Crippen molar-refractivity contribution >= 4 is 27.5 Å². The number of piperidine rings is 1. The first-order chi connectivity index (χ1) is 11.4. The van der Waals surface area contributed by atoms with Crippen LogP contribution in [0, 0.1) is 5.92 Å². The summed E-state index contributed by atoms with van der Waals surface area (Å²) in [4.78, 5) is 12.1. The molecule has 1 aliphatic carbocycles. The predicted octanol–water partition coefficient (Wildman–Crippen LogP) is 2.58. The molecule has 2 fully saturated rings. The number of carbonyl (C=O) groups is 1. The average Bonchev–Trinajstić information content (AvgIpc) is 3.38. The maximum absolute atomic E-state index is 12.6. The zero-order chi connectivity index (χ0) is 17.2. The normalized spacial score (nSPS) is 19.1. The van der Waals surface area contributed by atoms with Crippen LogP contribution < -0.4 is 5.32 Å². The molecule has 0 atom stereocenters. The van der Waals surface area contributed by atoms with Gasteiger partial charge < -0.3 is 5.32 Å². The molecule has 0 unspecified atom stereocenters. The zero-order valence-corrected chi connectivity index (χ0v) is 14.9. The fourth-order valence-corrected chi connectivity index (χ4v) is 4.48. The standard InChI is InChI=1S/C17H21ClN2O3S/c18-15-2-1-3-16(11-15)24(22,23)20-8-6-13(7-9-20)10-17(21)19-12-14-4-5-14/h1-3,10-11,14H,4-9,12H2,(H,19,21). The van der Waals surface area contributed by atoms with Crippen LogP contribution in [0.25, 0.3) is 0 Å². The van der Waals surface area contributed by atoms with Gasteiger partial charge in [-0.1, -0.05) is 23.2 Å². The maximum atomic E-state index is 12.6. The fraction of sp³-hybridized carbons (Fsp3) is 0.471. The lowest BCUT2D eigenvalue weighted by atomic mass is 10.1. The quantitative estimate of drug-likeness (QED) is 0.812. The Hall–Kier alpha value is -1.37. The highest BCUT2D eigenvalue weighted by Gasteiger charge is 2.27. The molecule has 1 aliphatic heterocycles. The molecule has 24 heavy (non-hydrogen) atoms. The molecular formula is C17H21ClN2O3S. The summed E-state index contributed by atoms with van der Waals surface area (Å²) in [6.07, 6.45) is 5.19. The molecule has 0 radical (unpaired) electrons. The van der Waals surface area contributed by atoms with Gasteiger partial charge >= 0.3 is 0 Å². The van der Waals surface area contributed by atoms with E-state index in [9.17, 15) is 13.2 Å². The molecule has 1 amide bonds. The van der Waals surface area contributed by atoms with Gasteiger partial charge in [0, 0.05) is 30.7 Å². The zero-order valence-electron chi connectivity index (χ0n) is 13.4. The third kappa shape index (κ3) is 4.37. The molecule has 1 aromatic carbocycles. The van der Waals surface area contributed by atoms with Gasteiger partial charge in [-0.3, -0.25) is 4.79 Å². The molecule has 1 N–H and O–H groups in total. The number of hydrogen-bond acceptors (Lipinski definition) is 3. The number of nitrogens with zero attached hydrogens (tertiary/aromatic N) is 1. The molecule has 1 aromatic rings. The van der Waals surface area contributed by atoms with Crippen LogP contribution in [0.1, 0.15) is 25.7 Å². The minimum absolute atomic E-state index is 0.0666. The predicted molar refractivity (Wildman–Crippen MR) is 93.3 cm³/mol. The number of amides is 1. The highest BCUT2D eigenvalue weighted by atomic mass is 35.5. The molecular weight excluding hydrogens is 348 g/mol. The first-order valence-electron chi connectivity index (χ1n) is 8.18. The second-order valence-corrected chi connectivity index (χ2v) is 8.73. The van der Waals surface area contributed by atoms with E-state index in [-0.39, 0.29) is 10.8 Å². The van der Waals surface area contributed by atoms with E-state index >= 15 is 0 Å². The van der Waals surface area contributed by atoms with Gasteiger partial charge in [0.05, 0.1) is 4.90 Å². The van der Waals surface area contributed by atoms with Crippen molar-refractivity contribution in [2.24, 2.45) is 5.92 Å². The third-order valence-corrected chi connectivity index (χ3v) is 6.53. The van der Waals surface area contributed by atoms with Gasteiger partial charge in [0.25, 0.3) is 0 Å². The van der Waals surface area contributed by atoms with Crippen LogP contribution in [0.4, 0.5) is 0 Å². The van der Waals surface area contributed by atoms with Crippen molar-refractivity contribution in [3.8, 4) is 0 Å². The lowest BCUT2D eigenvalue weighted by Crippen LogP contribution is -2.36. The number of sulfonamides is 1. The van der Waals surface area contributed by atoms with E-state index in [1.165, 1.54) is 23.2 Å². The van der Waals surface area contributed by atoms with Crippen molar-refractivity contribution in [1.82, 2.24) is 9.62 Å². The summed E-state index contributed by atoms with van der Waals surface area (Å²) >= 11 is 5.89. The maximum Gasteiger partial charge on any atom is 0.243 e. The van der Waals surface area contributed by atoms with Crippen LogP contribution in [0.3, 0.4) is 0 Å². The van der Waals surface area contributed by atoms with Crippen LogP contribution in [0.15, 0.2) is 40.8 Å². The van der Waals surface area contributed by atoms with Crippen molar-refractivity contribution in [2.75, 3.05) is 19.6 Å². The van der Waals surface area contributed by atoms with Crippen molar-refractivity contribution in [3.05, 3.63) is 40.9 Å². The summed E-state index contributed by atoms with van der Waals surface area (Å²) in [5, 5.41) is 3.31. The molecule has 7 heteroatoms. The summed E-state index contributed by atoms with van der Waals surface area (Å²) in [5.74, 6) is 0.583. The number of halogens is 1. The van der Waals surface area contributed by atoms with Gasteiger partial charge in [-0.05, 0) is 49.8 Å². The van der Waals surface area contributed by atoms with Crippen molar-refractivity contribution in [2.45, 2.75) is 30.6 Å². The van der Waals surface area contributed by atoms with Crippen LogP contribution in [-0.2, 0) is 14.8 Å². The van der Waals surface area contributed by atoms with Crippen LogP contribution >= 0.6 is 11.6 Å². The molecule has 0 aromatic heterocycles. The summed E-state index contributed by atoms with van der Waals surface area (Å²) in [7, 11) is -3.53. The van der Waals surface area contributed by atoms with Gasteiger partial charge in [-0.15, -0.1) is 0 Å². The molecule has 1 heterocycles. The molecule has 3 rings (SSSR count). The Bertz CT molecular complexity index is 747. The Morgan fingerprint density at radius 1 is 1.29 bits per heavy atom. The molecule has 1 saturated carbocycles. The van der Waals surface area contributed by atoms with E-state index < -0.39 is 10.0 Å². The minimum Gasteiger partial charge on any atom is -0.352 e. The van der Waals surface area contributed by atoms with Gasteiger partial charge in [-0.2, -0.15) is 4.31 Å². The van der Waals surface area contributed by atoms with Gasteiger partial charge in [-0.25, -0.2) is 8.42 Å². The topological polar surface area (TPSA) is 66.5 Å². The second-order valence-electron chi connectivity index (χ2n) is 6.35. The Morgan fingerprint density at radius 3 is 2.62 bits per heavy atom. The Kier molecular flexibility index (Phi) is 5.27. The number of benzene rings is 1. The highest BCUT2D eigenvalue weighted by molar-refractivity contribution is 7.89. The van der Waals surface area contributed by atoms with E-state index in [0.29, 0.717) is 36.9 Å². The number of nitrogens with one attached hydrogen (secondary N) is 1. The van der Waals surface area contributed by atoms with Crippen molar-refractivity contribution in [3.63, 3.8) is 0 Å². The van der Waals surface area contributed by atoms with E-state index in [0.717, 1.165) is 12.1 Å². The molecule has 0 spiro atoms. The van der Waals surface area contributed by atoms with Crippen molar-refractivity contribution in [1.29, 1.82) is 0 Å². The van der Waals surface area contributed by atoms with Crippen LogP contribution in [0.5, 0.6) is 0 Å². The monoisotopic (exact) mass is 368 g/mol. The largest absolute Gasteiger partial charge is 0.352 e. The SMILES string of the molecule is O=C(C=C1CCN(S(=O)(=O)c2cccc(Cl)c2)CC1)NCC1CC1. The first kappa shape index (κ1) is 17.5. The van der Waals surface area contributed by atoms with Gasteiger partial charge in [0.15, 0.2) is 0 Å². The lowest BCUT2D eigenvalue weighted by Gasteiger charge is -2.27. The summed E-state index contributed by atoms with van der Waals surface area (Å²) < 4.78 is 26.7. The average molecular weight is 369 g/mol. The third-order valence-electron chi connectivity index (χ3n) is 4.40. The van der Waals surface area contributed by atoms with Crippen LogP contribution in [0.2, 0.25) is 5.02 Å².